The third-order valence-electron chi connectivity index (χ3n) is 6.90. The zero-order valence-corrected chi connectivity index (χ0v) is 20.0. The Bertz CT molecular complexity index is 1350. The van der Waals surface area contributed by atoms with Crippen LogP contribution in [0, 0.1) is 13.8 Å². The van der Waals surface area contributed by atoms with Crippen LogP contribution in [0.4, 0.5) is 0 Å². The van der Waals surface area contributed by atoms with Crippen molar-refractivity contribution < 1.29 is 14.3 Å². The molecule has 0 saturated heterocycles. The van der Waals surface area contributed by atoms with Gasteiger partial charge in [0.2, 0.25) is 0 Å². The Labute approximate surface area is 201 Å². The fourth-order valence-electron chi connectivity index (χ4n) is 5.33. The molecular formula is C31H28O3. The average molecular weight is 449 g/mol. The summed E-state index contributed by atoms with van der Waals surface area (Å²) in [4.78, 5) is 12.0. The molecular weight excluding hydrogens is 420 g/mol. The normalized spacial score (nSPS) is 13.2. The summed E-state index contributed by atoms with van der Waals surface area (Å²) in [5.41, 5.74) is 8.83. The van der Waals surface area contributed by atoms with Gasteiger partial charge in [-0.25, -0.2) is 0 Å². The van der Waals surface area contributed by atoms with Gasteiger partial charge in [-0.2, -0.15) is 0 Å². The monoisotopic (exact) mass is 448 g/mol. The van der Waals surface area contributed by atoms with Gasteiger partial charge in [-0.1, -0.05) is 79.7 Å². The van der Waals surface area contributed by atoms with Crippen LogP contribution < -0.4 is 9.47 Å². The largest absolute Gasteiger partial charge is 0.496 e. The molecule has 1 aliphatic rings. The zero-order chi connectivity index (χ0) is 23.9. The van der Waals surface area contributed by atoms with Gasteiger partial charge in [0, 0.05) is 6.42 Å². The Hall–Kier alpha value is -3.85. The van der Waals surface area contributed by atoms with Crippen molar-refractivity contribution in [3.8, 4) is 22.6 Å². The van der Waals surface area contributed by atoms with Gasteiger partial charge in [-0.15, -0.1) is 0 Å². The number of hydrogen-bond donors (Lipinski definition) is 0. The van der Waals surface area contributed by atoms with Crippen LogP contribution >= 0.6 is 0 Å². The molecule has 1 aliphatic carbocycles. The van der Waals surface area contributed by atoms with Gasteiger partial charge >= 0.3 is 5.97 Å². The number of fused-ring (bicyclic) bond motifs is 3. The summed E-state index contributed by atoms with van der Waals surface area (Å²) in [6.07, 6.45) is 0.344. The van der Waals surface area contributed by atoms with E-state index < -0.39 is 5.41 Å². The van der Waals surface area contributed by atoms with Crippen LogP contribution in [0.15, 0.2) is 84.9 Å². The molecule has 0 aromatic heterocycles. The third kappa shape index (κ3) is 3.23. The first-order chi connectivity index (χ1) is 16.5. The summed E-state index contributed by atoms with van der Waals surface area (Å²) >= 11 is 0. The van der Waals surface area contributed by atoms with E-state index in [1.54, 1.807) is 14.0 Å². The predicted octanol–water partition coefficient (Wildman–Crippen LogP) is 6.99. The molecule has 4 aromatic rings. The van der Waals surface area contributed by atoms with Crippen molar-refractivity contribution in [1.82, 2.24) is 0 Å². The molecule has 0 N–H and O–H groups in total. The fraction of sp³-hybridized carbons (Fsp3) is 0.194. The molecule has 34 heavy (non-hydrogen) atoms. The number of ether oxygens (including phenoxy) is 2. The molecule has 0 bridgehead atoms. The smallest absolute Gasteiger partial charge is 0.310 e. The molecule has 3 nitrogen and oxygen atoms in total. The van der Waals surface area contributed by atoms with E-state index in [1.807, 2.05) is 13.0 Å². The number of carbonyl (C=O) groups is 1. The molecule has 5 rings (SSSR count). The van der Waals surface area contributed by atoms with Crippen molar-refractivity contribution in [1.29, 1.82) is 0 Å². The van der Waals surface area contributed by atoms with Crippen LogP contribution in [-0.4, -0.2) is 13.1 Å². The van der Waals surface area contributed by atoms with Gasteiger partial charge in [-0.3, -0.25) is 4.79 Å². The lowest BCUT2D eigenvalue weighted by Gasteiger charge is -2.34. The van der Waals surface area contributed by atoms with E-state index >= 15 is 0 Å². The maximum absolute atomic E-state index is 12.0. The fourth-order valence-corrected chi connectivity index (χ4v) is 5.33. The summed E-state index contributed by atoms with van der Waals surface area (Å²) in [6, 6.07) is 30.0. The zero-order valence-electron chi connectivity index (χ0n) is 20.0. The predicted molar refractivity (Wildman–Crippen MR) is 136 cm³/mol. The second-order valence-electron chi connectivity index (χ2n) is 8.83. The van der Waals surface area contributed by atoms with Crippen LogP contribution in [0.1, 0.15) is 46.7 Å². The molecule has 0 atom stereocenters. The highest BCUT2D eigenvalue weighted by molar-refractivity contribution is 5.86. The SMILES string of the molecule is CCC(=O)Oc1ccc(C2(c3ccc(OC)c(C)c3)c3ccccc3-c3ccccc32)cc1C. The highest BCUT2D eigenvalue weighted by Gasteiger charge is 2.46. The van der Waals surface area contributed by atoms with Gasteiger partial charge < -0.3 is 9.47 Å². The first-order valence-corrected chi connectivity index (χ1v) is 11.7. The van der Waals surface area contributed by atoms with Crippen molar-refractivity contribution in [2.24, 2.45) is 0 Å². The standard InChI is InChI=1S/C31H28O3/c1-5-30(32)34-29-17-15-23(19-21(29)3)31(22-14-16-28(33-4)20(2)18-22)26-12-8-6-10-24(26)25-11-7-9-13-27(25)31/h6-19H,5H2,1-4H3. The van der Waals surface area contributed by atoms with Crippen LogP contribution in [0.2, 0.25) is 0 Å². The van der Waals surface area contributed by atoms with Gasteiger partial charge in [0.05, 0.1) is 12.5 Å². The molecule has 0 spiro atoms. The summed E-state index contributed by atoms with van der Waals surface area (Å²) < 4.78 is 11.2. The van der Waals surface area contributed by atoms with Gasteiger partial charge in [-0.05, 0) is 70.5 Å². The van der Waals surface area contributed by atoms with Crippen molar-refractivity contribution in [2.45, 2.75) is 32.6 Å². The minimum atomic E-state index is -0.498. The quantitative estimate of drug-likeness (QED) is 0.215. The van der Waals surface area contributed by atoms with Gasteiger partial charge in [0.15, 0.2) is 0 Å². The lowest BCUT2D eigenvalue weighted by molar-refractivity contribution is -0.134. The second kappa shape index (κ2) is 8.49. The average Bonchev–Trinajstić information content (AvgIpc) is 3.16. The minimum Gasteiger partial charge on any atom is -0.496 e. The van der Waals surface area contributed by atoms with E-state index in [0.717, 1.165) is 22.4 Å². The molecule has 170 valence electrons. The second-order valence-corrected chi connectivity index (χ2v) is 8.83. The van der Waals surface area contributed by atoms with Crippen molar-refractivity contribution in [3.05, 3.63) is 118 Å². The van der Waals surface area contributed by atoms with Gasteiger partial charge in [0.25, 0.3) is 0 Å². The van der Waals surface area contributed by atoms with E-state index in [-0.39, 0.29) is 5.97 Å². The number of methoxy groups -OCH3 is 1. The number of hydrogen-bond acceptors (Lipinski definition) is 3. The molecule has 4 aromatic carbocycles. The van der Waals surface area contributed by atoms with Crippen molar-refractivity contribution >= 4 is 5.97 Å². The Balaban J connectivity index is 1.83. The molecule has 0 radical (unpaired) electrons. The Morgan fingerprint density at radius 3 is 1.71 bits per heavy atom. The maximum Gasteiger partial charge on any atom is 0.310 e. The number of rotatable bonds is 5. The lowest BCUT2D eigenvalue weighted by atomic mass is 9.67. The number of esters is 1. The topological polar surface area (TPSA) is 35.5 Å². The van der Waals surface area contributed by atoms with E-state index in [2.05, 4.69) is 85.8 Å². The van der Waals surface area contributed by atoms with E-state index in [1.165, 1.54) is 27.8 Å². The number of benzene rings is 4. The van der Waals surface area contributed by atoms with Crippen molar-refractivity contribution in [3.63, 3.8) is 0 Å². The highest BCUT2D eigenvalue weighted by atomic mass is 16.5. The Morgan fingerprint density at radius 1 is 0.735 bits per heavy atom. The van der Waals surface area contributed by atoms with E-state index in [4.69, 9.17) is 9.47 Å². The van der Waals surface area contributed by atoms with Gasteiger partial charge in [0.1, 0.15) is 11.5 Å². The Morgan fingerprint density at radius 2 is 1.24 bits per heavy atom. The van der Waals surface area contributed by atoms with Crippen molar-refractivity contribution in [2.75, 3.05) is 7.11 Å². The molecule has 0 unspecified atom stereocenters. The summed E-state index contributed by atoms with van der Waals surface area (Å²) in [5.74, 6) is 1.25. The van der Waals surface area contributed by atoms with E-state index in [9.17, 15) is 4.79 Å². The number of carbonyl (C=O) groups excluding carboxylic acids is 1. The Kier molecular flexibility index (Phi) is 5.49. The van der Waals surface area contributed by atoms with Crippen LogP contribution in [0.5, 0.6) is 11.5 Å². The summed E-state index contributed by atoms with van der Waals surface area (Å²) in [6.45, 7) is 5.89. The molecule has 3 heteroatoms. The van der Waals surface area contributed by atoms with Crippen LogP contribution in [0.3, 0.4) is 0 Å². The highest BCUT2D eigenvalue weighted by Crippen LogP contribution is 2.56. The van der Waals surface area contributed by atoms with Crippen LogP contribution in [-0.2, 0) is 10.2 Å². The first-order valence-electron chi connectivity index (χ1n) is 11.7. The molecule has 0 saturated carbocycles. The third-order valence-corrected chi connectivity index (χ3v) is 6.90. The molecule has 0 aliphatic heterocycles. The molecule has 0 amide bonds. The van der Waals surface area contributed by atoms with Crippen LogP contribution in [0.25, 0.3) is 11.1 Å². The number of aryl methyl sites for hydroxylation is 2. The summed E-state index contributed by atoms with van der Waals surface area (Å²) in [5, 5.41) is 0. The van der Waals surface area contributed by atoms with E-state index in [0.29, 0.717) is 12.2 Å². The minimum absolute atomic E-state index is 0.229. The summed E-state index contributed by atoms with van der Waals surface area (Å²) in [7, 11) is 1.71. The molecule has 0 fully saturated rings. The lowest BCUT2D eigenvalue weighted by Crippen LogP contribution is -2.29. The first kappa shape index (κ1) is 22.0. The molecule has 0 heterocycles. The maximum atomic E-state index is 12.0.